The van der Waals surface area contributed by atoms with E-state index in [1.165, 1.54) is 54.9 Å². The van der Waals surface area contributed by atoms with Gasteiger partial charge in [0.2, 0.25) is 0 Å². The lowest BCUT2D eigenvalue weighted by Gasteiger charge is -2.57. The fourth-order valence-corrected chi connectivity index (χ4v) is 10.3. The Bertz CT molecular complexity index is 2610. The average Bonchev–Trinajstić information content (AvgIpc) is 3.23. The molecule has 4 saturated carbocycles. The summed E-state index contributed by atoms with van der Waals surface area (Å²) in [5.74, 6) is 4.32. The Morgan fingerprint density at radius 2 is 1.07 bits per heavy atom. The van der Waals surface area contributed by atoms with Gasteiger partial charge in [0.05, 0.1) is 18.2 Å². The fourth-order valence-electron chi connectivity index (χ4n) is 10.3. The predicted octanol–water partition coefficient (Wildman–Crippen LogP) is 12.3. The molecular formula is C49H37N5. The zero-order chi connectivity index (χ0) is 36.2. The van der Waals surface area contributed by atoms with Gasteiger partial charge in [-0.2, -0.15) is 5.26 Å². The highest BCUT2D eigenvalue weighted by Gasteiger charge is 2.52. The molecule has 0 saturated heterocycles. The van der Waals surface area contributed by atoms with Crippen molar-refractivity contribution in [1.82, 2.24) is 15.0 Å². The Morgan fingerprint density at radius 1 is 0.537 bits per heavy atom. The molecule has 4 aliphatic carbocycles. The molecule has 4 bridgehead atoms. The van der Waals surface area contributed by atoms with Gasteiger partial charge >= 0.3 is 0 Å². The van der Waals surface area contributed by atoms with E-state index in [0.29, 0.717) is 28.7 Å². The van der Waals surface area contributed by atoms with Crippen LogP contribution in [0.4, 0.5) is 5.69 Å². The summed E-state index contributed by atoms with van der Waals surface area (Å²) in [7, 11) is 0. The van der Waals surface area contributed by atoms with Gasteiger partial charge in [0, 0.05) is 16.7 Å². The van der Waals surface area contributed by atoms with Crippen LogP contribution in [0.3, 0.4) is 0 Å². The predicted molar refractivity (Wildman–Crippen MR) is 215 cm³/mol. The number of fused-ring (bicyclic) bond motifs is 1. The van der Waals surface area contributed by atoms with Crippen LogP contribution in [0.1, 0.15) is 49.7 Å². The molecule has 1 heterocycles. The maximum absolute atomic E-state index is 9.56. The van der Waals surface area contributed by atoms with Crippen molar-refractivity contribution in [2.45, 2.75) is 43.9 Å². The molecule has 4 fully saturated rings. The molecule has 0 amide bonds. The number of nitriles is 1. The van der Waals surface area contributed by atoms with Crippen LogP contribution in [0, 0.1) is 35.7 Å². The first-order chi connectivity index (χ1) is 26.5. The van der Waals surface area contributed by atoms with Gasteiger partial charge in [0.25, 0.3) is 0 Å². The molecular weight excluding hydrogens is 659 g/mol. The largest absolute Gasteiger partial charge is 0.238 e. The quantitative estimate of drug-likeness (QED) is 0.162. The number of benzene rings is 6. The standard InChI is InChI=1S/C49H37N5/c1-51-41-17-15-37(16-18-41)47-52-46(36-7-3-2-4-8-36)53-48(54-47)40-25-38(35-13-11-31(30-50)12-14-35)24-39(26-40)42-19-20-45(44-10-6-5-9-43(42)44)49-27-32-21-33(28-49)23-34(22-32)29-49/h2-20,24-26,32-34H,21-23,27-29H2. The lowest BCUT2D eigenvalue weighted by molar-refractivity contribution is -0.00449. The van der Waals surface area contributed by atoms with Crippen LogP contribution in [-0.4, -0.2) is 15.0 Å². The molecule has 7 aromatic rings. The zero-order valence-corrected chi connectivity index (χ0v) is 29.9. The normalized spacial score (nSPS) is 21.1. The lowest BCUT2D eigenvalue weighted by atomic mass is 9.47. The molecule has 5 nitrogen and oxygen atoms in total. The van der Waals surface area contributed by atoms with Crippen LogP contribution in [-0.2, 0) is 5.41 Å². The van der Waals surface area contributed by atoms with Gasteiger partial charge in [-0.15, -0.1) is 0 Å². The number of aromatic nitrogens is 3. The molecule has 258 valence electrons. The van der Waals surface area contributed by atoms with Crippen LogP contribution in [0.5, 0.6) is 0 Å². The monoisotopic (exact) mass is 695 g/mol. The Balaban J connectivity index is 1.17. The number of rotatable bonds is 6. The van der Waals surface area contributed by atoms with Gasteiger partial charge < -0.3 is 0 Å². The van der Waals surface area contributed by atoms with Crippen molar-refractivity contribution in [2.24, 2.45) is 17.8 Å². The maximum atomic E-state index is 9.56. The summed E-state index contributed by atoms with van der Waals surface area (Å²) in [5, 5.41) is 12.2. The highest BCUT2D eigenvalue weighted by Crippen LogP contribution is 2.61. The Morgan fingerprint density at radius 3 is 1.70 bits per heavy atom. The van der Waals surface area contributed by atoms with Crippen molar-refractivity contribution < 1.29 is 0 Å². The third-order valence-corrected chi connectivity index (χ3v) is 12.3. The van der Waals surface area contributed by atoms with Crippen LogP contribution in [0.15, 0.2) is 133 Å². The number of hydrogen-bond donors (Lipinski definition) is 0. The Labute approximate surface area is 315 Å². The zero-order valence-electron chi connectivity index (χ0n) is 29.9. The second-order valence-electron chi connectivity index (χ2n) is 15.7. The van der Waals surface area contributed by atoms with Crippen LogP contribution >= 0.6 is 0 Å². The molecule has 0 atom stereocenters. The third-order valence-electron chi connectivity index (χ3n) is 12.3. The molecule has 1 aromatic heterocycles. The van der Waals surface area contributed by atoms with Gasteiger partial charge in [-0.3, -0.25) is 0 Å². The minimum absolute atomic E-state index is 0.282. The minimum atomic E-state index is 0.282. The van der Waals surface area contributed by atoms with Crippen LogP contribution in [0.25, 0.3) is 72.0 Å². The highest BCUT2D eigenvalue weighted by atomic mass is 15.0. The van der Waals surface area contributed by atoms with E-state index < -0.39 is 0 Å². The molecule has 6 aromatic carbocycles. The molecule has 5 heteroatoms. The minimum Gasteiger partial charge on any atom is -0.238 e. The highest BCUT2D eigenvalue weighted by molar-refractivity contribution is 6.00. The summed E-state index contributed by atoms with van der Waals surface area (Å²) in [6.45, 7) is 7.44. The first-order valence-electron chi connectivity index (χ1n) is 19.0. The number of hydrogen-bond acceptors (Lipinski definition) is 4. The van der Waals surface area contributed by atoms with E-state index in [0.717, 1.165) is 51.1 Å². The van der Waals surface area contributed by atoms with Gasteiger partial charge in [-0.1, -0.05) is 103 Å². The van der Waals surface area contributed by atoms with Crippen molar-refractivity contribution in [1.29, 1.82) is 5.26 Å². The van der Waals surface area contributed by atoms with Gasteiger partial charge in [-0.05, 0) is 131 Å². The van der Waals surface area contributed by atoms with Crippen molar-refractivity contribution >= 4 is 16.5 Å². The van der Waals surface area contributed by atoms with Gasteiger partial charge in [0.1, 0.15) is 0 Å². The molecule has 0 spiro atoms. The van der Waals surface area contributed by atoms with E-state index in [1.807, 2.05) is 66.7 Å². The molecule has 4 aliphatic rings. The number of nitrogens with zero attached hydrogens (tertiary/aromatic N) is 5. The average molecular weight is 696 g/mol. The second kappa shape index (κ2) is 12.9. The first kappa shape index (κ1) is 32.2. The van der Waals surface area contributed by atoms with E-state index >= 15 is 0 Å². The summed E-state index contributed by atoms with van der Waals surface area (Å²) in [6, 6.07) is 47.9. The lowest BCUT2D eigenvalue weighted by Crippen LogP contribution is -2.48. The third kappa shape index (κ3) is 5.65. The maximum Gasteiger partial charge on any atom is 0.187 e. The smallest absolute Gasteiger partial charge is 0.187 e. The Kier molecular flexibility index (Phi) is 7.70. The van der Waals surface area contributed by atoms with E-state index in [-0.39, 0.29) is 5.41 Å². The van der Waals surface area contributed by atoms with E-state index in [9.17, 15) is 5.26 Å². The van der Waals surface area contributed by atoms with Crippen molar-refractivity contribution in [3.8, 4) is 62.5 Å². The van der Waals surface area contributed by atoms with E-state index in [2.05, 4.69) is 65.5 Å². The first-order valence-corrected chi connectivity index (χ1v) is 19.0. The molecule has 0 aliphatic heterocycles. The summed E-state index contributed by atoms with van der Waals surface area (Å²) in [6.07, 6.45) is 8.26. The second-order valence-corrected chi connectivity index (χ2v) is 15.7. The van der Waals surface area contributed by atoms with Gasteiger partial charge in [0.15, 0.2) is 23.2 Å². The van der Waals surface area contributed by atoms with E-state index in [4.69, 9.17) is 21.5 Å². The molecule has 0 radical (unpaired) electrons. The van der Waals surface area contributed by atoms with Crippen molar-refractivity contribution in [2.75, 3.05) is 0 Å². The molecule has 0 unspecified atom stereocenters. The molecule has 54 heavy (non-hydrogen) atoms. The summed E-state index contributed by atoms with van der Waals surface area (Å²) < 4.78 is 0. The van der Waals surface area contributed by atoms with Crippen LogP contribution in [0.2, 0.25) is 0 Å². The summed E-state index contributed by atoms with van der Waals surface area (Å²) >= 11 is 0. The summed E-state index contributed by atoms with van der Waals surface area (Å²) in [5.41, 5.74) is 9.91. The van der Waals surface area contributed by atoms with Crippen LogP contribution < -0.4 is 0 Å². The fraction of sp³-hybridized carbons (Fsp3) is 0.204. The van der Waals surface area contributed by atoms with E-state index in [1.54, 1.807) is 17.7 Å². The van der Waals surface area contributed by atoms with Gasteiger partial charge in [-0.25, -0.2) is 19.8 Å². The Hall–Kier alpha value is -6.43. The van der Waals surface area contributed by atoms with Crippen molar-refractivity contribution in [3.05, 3.63) is 156 Å². The topological polar surface area (TPSA) is 66.8 Å². The van der Waals surface area contributed by atoms with Crippen molar-refractivity contribution in [3.63, 3.8) is 0 Å². The molecule has 0 N–H and O–H groups in total. The summed E-state index contributed by atoms with van der Waals surface area (Å²) in [4.78, 5) is 18.7. The molecule has 11 rings (SSSR count). The SMILES string of the molecule is [C-]#[N+]c1ccc(-c2nc(-c3ccccc3)nc(-c3cc(-c4ccc(C#N)cc4)cc(-c4ccc(C56CC7CC(CC(C7)C5)C6)c5ccccc45)c3)n2)cc1.